The Morgan fingerprint density at radius 3 is 2.22 bits per heavy atom. The molecule has 27 heavy (non-hydrogen) atoms. The van der Waals surface area contributed by atoms with Crippen LogP contribution in [-0.4, -0.2) is 50.7 Å². The molecule has 1 atom stereocenters. The molecule has 0 bridgehead atoms. The highest BCUT2D eigenvalue weighted by Crippen LogP contribution is 2.24. The Labute approximate surface area is 168 Å². The van der Waals surface area contributed by atoms with Crippen LogP contribution in [0.25, 0.3) is 0 Å². The molecule has 148 valence electrons. The lowest BCUT2D eigenvalue weighted by Crippen LogP contribution is -2.42. The number of benzene rings is 2. The van der Waals surface area contributed by atoms with Crippen molar-refractivity contribution in [1.29, 1.82) is 0 Å². The summed E-state index contributed by atoms with van der Waals surface area (Å²) in [7, 11) is -3.74. The van der Waals surface area contributed by atoms with Crippen molar-refractivity contribution in [1.82, 2.24) is 4.90 Å². The Morgan fingerprint density at radius 2 is 1.63 bits per heavy atom. The number of nitrogens with zero attached hydrogens (tertiary/aromatic N) is 2. The number of para-hydroxylation sites is 1. The fraction of sp³-hybridized carbons (Fsp3) is 0.400. The van der Waals surface area contributed by atoms with Gasteiger partial charge < -0.3 is 10.0 Å². The van der Waals surface area contributed by atoms with Crippen molar-refractivity contribution >= 4 is 28.1 Å². The minimum atomic E-state index is -3.74. The number of aliphatic hydroxyl groups excluding tert-OH is 1. The van der Waals surface area contributed by atoms with E-state index in [2.05, 4.69) is 4.90 Å². The molecule has 1 aliphatic heterocycles. The van der Waals surface area contributed by atoms with Crippen molar-refractivity contribution in [3.8, 4) is 0 Å². The van der Waals surface area contributed by atoms with E-state index in [0.29, 0.717) is 12.2 Å². The molecule has 1 fully saturated rings. The summed E-state index contributed by atoms with van der Waals surface area (Å²) < 4.78 is 27.8. The molecule has 1 aliphatic rings. The first kappa shape index (κ1) is 21.7. The van der Waals surface area contributed by atoms with Crippen LogP contribution in [0.1, 0.15) is 18.4 Å². The number of anilines is 1. The Balaban J connectivity index is 0.00000261. The van der Waals surface area contributed by atoms with Gasteiger partial charge in [-0.1, -0.05) is 35.9 Å². The highest BCUT2D eigenvalue weighted by atomic mass is 35.5. The van der Waals surface area contributed by atoms with Crippen LogP contribution < -0.4 is 4.31 Å². The van der Waals surface area contributed by atoms with Crippen LogP contribution in [0.15, 0.2) is 59.5 Å². The van der Waals surface area contributed by atoms with Gasteiger partial charge in [0.25, 0.3) is 10.0 Å². The minimum Gasteiger partial charge on any atom is -0.390 e. The lowest BCUT2D eigenvalue weighted by atomic mass is 10.2. The van der Waals surface area contributed by atoms with Crippen molar-refractivity contribution in [3.63, 3.8) is 0 Å². The largest absolute Gasteiger partial charge is 0.390 e. The van der Waals surface area contributed by atoms with Crippen LogP contribution in [0.2, 0.25) is 0 Å². The first-order valence-electron chi connectivity index (χ1n) is 9.02. The molecule has 2 aromatic carbocycles. The molecule has 1 heterocycles. The van der Waals surface area contributed by atoms with Crippen molar-refractivity contribution in [2.45, 2.75) is 30.8 Å². The number of rotatable bonds is 7. The zero-order chi connectivity index (χ0) is 18.6. The summed E-state index contributed by atoms with van der Waals surface area (Å²) >= 11 is 0. The van der Waals surface area contributed by atoms with E-state index in [1.807, 2.05) is 13.0 Å². The summed E-state index contributed by atoms with van der Waals surface area (Å²) in [5.74, 6) is 0. The lowest BCUT2D eigenvalue weighted by Gasteiger charge is -2.28. The van der Waals surface area contributed by atoms with Crippen LogP contribution in [-0.2, 0) is 10.0 Å². The second kappa shape index (κ2) is 9.55. The summed E-state index contributed by atoms with van der Waals surface area (Å²) in [5.41, 5.74) is 1.57. The van der Waals surface area contributed by atoms with Crippen molar-refractivity contribution in [2.75, 3.05) is 30.5 Å². The van der Waals surface area contributed by atoms with Crippen LogP contribution in [0.5, 0.6) is 0 Å². The summed E-state index contributed by atoms with van der Waals surface area (Å²) in [5, 5.41) is 10.5. The molecule has 1 N–H and O–H groups in total. The highest BCUT2D eigenvalue weighted by Gasteiger charge is 2.28. The number of sulfonamides is 1. The first-order valence-corrected chi connectivity index (χ1v) is 10.5. The quantitative estimate of drug-likeness (QED) is 0.762. The maximum atomic E-state index is 13.2. The topological polar surface area (TPSA) is 60.9 Å². The zero-order valence-electron chi connectivity index (χ0n) is 15.5. The molecule has 0 aromatic heterocycles. The van der Waals surface area contributed by atoms with E-state index in [0.717, 1.165) is 31.5 Å². The average molecular weight is 411 g/mol. The molecule has 5 nitrogen and oxygen atoms in total. The van der Waals surface area contributed by atoms with Crippen molar-refractivity contribution in [2.24, 2.45) is 0 Å². The number of halogens is 1. The third kappa shape index (κ3) is 5.45. The summed E-state index contributed by atoms with van der Waals surface area (Å²) in [4.78, 5) is 2.42. The average Bonchev–Trinajstić information content (AvgIpc) is 3.13. The van der Waals surface area contributed by atoms with E-state index in [4.69, 9.17) is 0 Å². The van der Waals surface area contributed by atoms with Gasteiger partial charge in [0, 0.05) is 6.54 Å². The van der Waals surface area contributed by atoms with Gasteiger partial charge in [0.2, 0.25) is 0 Å². The van der Waals surface area contributed by atoms with Crippen molar-refractivity contribution in [3.05, 3.63) is 60.2 Å². The summed E-state index contributed by atoms with van der Waals surface area (Å²) in [6, 6.07) is 15.8. The minimum absolute atomic E-state index is 0. The van der Waals surface area contributed by atoms with Gasteiger partial charge in [-0.25, -0.2) is 8.42 Å². The number of aryl methyl sites for hydroxylation is 1. The van der Waals surface area contributed by atoms with Gasteiger partial charge in [0.1, 0.15) is 0 Å². The lowest BCUT2D eigenvalue weighted by molar-refractivity contribution is 0.132. The van der Waals surface area contributed by atoms with Crippen LogP contribution in [0, 0.1) is 6.92 Å². The smallest absolute Gasteiger partial charge is 0.264 e. The third-order valence-corrected chi connectivity index (χ3v) is 6.51. The molecule has 3 rings (SSSR count). The second-order valence-electron chi connectivity index (χ2n) is 6.85. The van der Waals surface area contributed by atoms with Gasteiger partial charge in [-0.3, -0.25) is 4.31 Å². The number of hydrogen-bond donors (Lipinski definition) is 1. The molecule has 0 spiro atoms. The van der Waals surface area contributed by atoms with Gasteiger partial charge in [0.15, 0.2) is 0 Å². The summed E-state index contributed by atoms with van der Waals surface area (Å²) in [6.07, 6.45) is 1.53. The molecular weight excluding hydrogens is 384 g/mol. The standard InChI is InChI=1S/C20H26N2O3S.ClH/c1-17-9-11-20(12-10-17)26(24,25)22(18-7-3-2-4-8-18)16-19(23)15-21-13-5-6-14-21;/h2-4,7-12,19,23H,5-6,13-16H2,1H3;1H. The molecule has 0 amide bonds. The molecule has 1 unspecified atom stereocenters. The normalized spacial score (nSPS) is 15.9. The van der Waals surface area contributed by atoms with Gasteiger partial charge >= 0.3 is 0 Å². The number of aliphatic hydroxyl groups is 1. The maximum Gasteiger partial charge on any atom is 0.264 e. The zero-order valence-corrected chi connectivity index (χ0v) is 17.1. The Morgan fingerprint density at radius 1 is 1.04 bits per heavy atom. The molecule has 0 saturated carbocycles. The predicted molar refractivity (Wildman–Crippen MR) is 111 cm³/mol. The van der Waals surface area contributed by atoms with E-state index in [1.165, 1.54) is 4.31 Å². The van der Waals surface area contributed by atoms with Crippen LogP contribution >= 0.6 is 12.4 Å². The molecule has 0 radical (unpaired) electrons. The monoisotopic (exact) mass is 410 g/mol. The van der Waals surface area contributed by atoms with Crippen LogP contribution in [0.4, 0.5) is 5.69 Å². The van der Waals surface area contributed by atoms with E-state index in [-0.39, 0.29) is 23.8 Å². The second-order valence-corrected chi connectivity index (χ2v) is 8.71. The molecule has 1 saturated heterocycles. The van der Waals surface area contributed by atoms with Crippen molar-refractivity contribution < 1.29 is 13.5 Å². The van der Waals surface area contributed by atoms with Gasteiger partial charge in [-0.15, -0.1) is 12.4 Å². The number of hydrogen-bond acceptors (Lipinski definition) is 4. The van der Waals surface area contributed by atoms with E-state index < -0.39 is 16.1 Å². The molecule has 0 aliphatic carbocycles. The molecule has 2 aromatic rings. The van der Waals surface area contributed by atoms with Crippen LogP contribution in [0.3, 0.4) is 0 Å². The Hall–Kier alpha value is -1.60. The fourth-order valence-electron chi connectivity index (χ4n) is 3.29. The fourth-order valence-corrected chi connectivity index (χ4v) is 4.79. The Bertz CT molecular complexity index is 807. The third-order valence-electron chi connectivity index (χ3n) is 4.70. The summed E-state index contributed by atoms with van der Waals surface area (Å²) in [6.45, 7) is 4.38. The maximum absolute atomic E-state index is 13.2. The van der Waals surface area contributed by atoms with Gasteiger partial charge in [-0.2, -0.15) is 0 Å². The molecule has 7 heteroatoms. The predicted octanol–water partition coefficient (Wildman–Crippen LogP) is 3.07. The Kier molecular flexibility index (Phi) is 7.68. The number of β-amino-alcohol motifs (C(OH)–C–C–N with tert-alkyl or cyclic N) is 1. The van der Waals surface area contributed by atoms with E-state index >= 15 is 0 Å². The number of likely N-dealkylation sites (tertiary alicyclic amines) is 1. The van der Waals surface area contributed by atoms with Gasteiger partial charge in [-0.05, 0) is 57.1 Å². The first-order chi connectivity index (χ1) is 12.5. The molecular formula is C20H27ClN2O3S. The SMILES string of the molecule is Cc1ccc(S(=O)(=O)N(CC(O)CN2CCCC2)c2ccccc2)cc1.Cl. The van der Waals surface area contributed by atoms with E-state index in [9.17, 15) is 13.5 Å². The van der Waals surface area contributed by atoms with Gasteiger partial charge in [0.05, 0.1) is 23.2 Å². The highest BCUT2D eigenvalue weighted by molar-refractivity contribution is 7.92. The van der Waals surface area contributed by atoms with E-state index in [1.54, 1.807) is 48.5 Å².